The maximum Gasteiger partial charge on any atom is 0.269 e. The van der Waals surface area contributed by atoms with Crippen molar-refractivity contribution in [2.75, 3.05) is 25.1 Å². The summed E-state index contributed by atoms with van der Waals surface area (Å²) in [5.41, 5.74) is 0.559. The minimum Gasteiger partial charge on any atom is -0.497 e. The predicted molar refractivity (Wildman–Crippen MR) is 130 cm³/mol. The number of nitro benzene ring substituents is 1. The van der Waals surface area contributed by atoms with Gasteiger partial charge in [-0.05, 0) is 49.4 Å². The maximum atomic E-state index is 13.4. The summed E-state index contributed by atoms with van der Waals surface area (Å²) in [4.78, 5) is 23.4. The number of nitrogens with one attached hydrogen (secondary N) is 1. The van der Waals surface area contributed by atoms with Crippen molar-refractivity contribution in [3.05, 3.63) is 88.5 Å². The van der Waals surface area contributed by atoms with Gasteiger partial charge in [-0.1, -0.05) is 18.2 Å². The first-order valence-electron chi connectivity index (χ1n) is 10.5. The molecule has 0 saturated heterocycles. The van der Waals surface area contributed by atoms with Crippen LogP contribution in [-0.4, -0.2) is 40.0 Å². The second-order valence-corrected chi connectivity index (χ2v) is 9.36. The van der Waals surface area contributed by atoms with E-state index >= 15 is 0 Å². The first-order valence-corrected chi connectivity index (χ1v) is 11.9. The number of carbonyl (C=O) groups excluding carboxylic acids is 1. The molecule has 3 rings (SSSR count). The number of amides is 1. The second kappa shape index (κ2) is 10.9. The van der Waals surface area contributed by atoms with Crippen molar-refractivity contribution in [1.29, 1.82) is 0 Å². The second-order valence-electron chi connectivity index (χ2n) is 7.50. The van der Waals surface area contributed by atoms with Crippen molar-refractivity contribution in [2.45, 2.75) is 17.9 Å². The highest BCUT2D eigenvalue weighted by atomic mass is 32.2. The highest BCUT2D eigenvalue weighted by Crippen LogP contribution is 2.30. The summed E-state index contributed by atoms with van der Waals surface area (Å²) < 4.78 is 38.3. The van der Waals surface area contributed by atoms with Crippen LogP contribution in [0, 0.1) is 10.1 Å². The lowest BCUT2D eigenvalue weighted by molar-refractivity contribution is -0.384. The Morgan fingerprint density at radius 2 is 1.69 bits per heavy atom. The normalized spacial score (nSPS) is 11.9. The number of benzene rings is 3. The number of hydrogen-bond acceptors (Lipinski definition) is 7. The molecule has 1 atom stereocenters. The van der Waals surface area contributed by atoms with Gasteiger partial charge in [-0.2, -0.15) is 0 Å². The number of nitro groups is 1. The highest BCUT2D eigenvalue weighted by Gasteiger charge is 2.28. The van der Waals surface area contributed by atoms with Crippen molar-refractivity contribution < 1.29 is 27.6 Å². The Kier molecular flexibility index (Phi) is 7.92. The third-order valence-corrected chi connectivity index (χ3v) is 7.04. The quantitative estimate of drug-likeness (QED) is 0.333. The smallest absolute Gasteiger partial charge is 0.269 e. The predicted octanol–water partition coefficient (Wildman–Crippen LogP) is 3.68. The molecule has 0 aliphatic rings. The Morgan fingerprint density at radius 1 is 1.03 bits per heavy atom. The van der Waals surface area contributed by atoms with Crippen LogP contribution in [0.25, 0.3) is 0 Å². The van der Waals surface area contributed by atoms with Crippen LogP contribution in [0.4, 0.5) is 11.4 Å². The lowest BCUT2D eigenvalue weighted by atomic mass is 10.1. The molecule has 0 aliphatic heterocycles. The Morgan fingerprint density at radius 3 is 2.26 bits per heavy atom. The molecule has 0 heterocycles. The van der Waals surface area contributed by atoms with E-state index < -0.39 is 33.4 Å². The molecule has 0 aliphatic carbocycles. The van der Waals surface area contributed by atoms with Crippen LogP contribution in [0.3, 0.4) is 0 Å². The molecule has 0 fully saturated rings. The first kappa shape index (κ1) is 25.5. The van der Waals surface area contributed by atoms with Crippen LogP contribution in [0.5, 0.6) is 11.5 Å². The molecule has 0 radical (unpaired) electrons. The van der Waals surface area contributed by atoms with Crippen LogP contribution in [0.1, 0.15) is 18.5 Å². The zero-order chi connectivity index (χ0) is 25.6. The van der Waals surface area contributed by atoms with Crippen LogP contribution in [-0.2, 0) is 14.8 Å². The van der Waals surface area contributed by atoms with Crippen molar-refractivity contribution in [1.82, 2.24) is 5.32 Å². The number of anilines is 1. The average Bonchev–Trinajstić information content (AvgIpc) is 2.87. The highest BCUT2D eigenvalue weighted by molar-refractivity contribution is 7.92. The summed E-state index contributed by atoms with van der Waals surface area (Å²) in [6.45, 7) is 1.18. The monoisotopic (exact) mass is 499 g/mol. The number of carbonyl (C=O) groups is 1. The standard InChI is InChI=1S/C24H25N3O7S/c1-17(22-15-20(33-2)13-14-23(22)34-3)25-24(28)16-26(18-9-11-19(12-10-18)27(29)30)35(31,32)21-7-5-4-6-8-21/h4-15,17H,16H2,1-3H3,(H,25,28)/t17-/m0/s1. The zero-order valence-corrected chi connectivity index (χ0v) is 20.2. The molecule has 0 bridgehead atoms. The van der Waals surface area contributed by atoms with E-state index in [9.17, 15) is 23.3 Å². The Balaban J connectivity index is 1.92. The van der Waals surface area contributed by atoms with Gasteiger partial charge in [-0.25, -0.2) is 8.42 Å². The summed E-state index contributed by atoms with van der Waals surface area (Å²) in [5.74, 6) is 0.518. The average molecular weight is 500 g/mol. The van der Waals surface area contributed by atoms with Gasteiger partial charge in [0.2, 0.25) is 5.91 Å². The summed E-state index contributed by atoms with van der Waals surface area (Å²) in [6.07, 6.45) is 0. The molecule has 0 unspecified atom stereocenters. The van der Waals surface area contributed by atoms with Crippen molar-refractivity contribution in [3.63, 3.8) is 0 Å². The summed E-state index contributed by atoms with van der Waals surface area (Å²) in [6, 6.07) is 17.2. The van der Waals surface area contributed by atoms with Gasteiger partial charge < -0.3 is 14.8 Å². The third kappa shape index (κ3) is 5.87. The number of rotatable bonds is 10. The fourth-order valence-corrected chi connectivity index (χ4v) is 4.89. The zero-order valence-electron chi connectivity index (χ0n) is 19.4. The molecule has 0 saturated carbocycles. The van der Waals surface area contributed by atoms with Gasteiger partial charge in [-0.15, -0.1) is 0 Å². The minimum absolute atomic E-state index is 0.0198. The van der Waals surface area contributed by atoms with Gasteiger partial charge in [0.1, 0.15) is 18.0 Å². The lowest BCUT2D eigenvalue weighted by Gasteiger charge is -2.25. The topological polar surface area (TPSA) is 128 Å². The van der Waals surface area contributed by atoms with Crippen molar-refractivity contribution >= 4 is 27.3 Å². The van der Waals surface area contributed by atoms with E-state index in [1.54, 1.807) is 43.3 Å². The van der Waals surface area contributed by atoms with Gasteiger partial charge in [0, 0.05) is 17.7 Å². The van der Waals surface area contributed by atoms with E-state index in [0.29, 0.717) is 17.1 Å². The van der Waals surface area contributed by atoms with E-state index in [4.69, 9.17) is 9.47 Å². The van der Waals surface area contributed by atoms with E-state index in [2.05, 4.69) is 5.32 Å². The van der Waals surface area contributed by atoms with Gasteiger partial charge in [-0.3, -0.25) is 19.2 Å². The molecule has 35 heavy (non-hydrogen) atoms. The number of nitrogens with zero attached hydrogens (tertiary/aromatic N) is 2. The SMILES string of the molecule is COc1ccc(OC)c([C@H](C)NC(=O)CN(c2ccc([N+](=O)[O-])cc2)S(=O)(=O)c2ccccc2)c1. The molecule has 3 aromatic rings. The molecule has 184 valence electrons. The number of hydrogen-bond donors (Lipinski definition) is 1. The number of ether oxygens (including phenoxy) is 2. The van der Waals surface area contributed by atoms with Crippen LogP contribution in [0.15, 0.2) is 77.7 Å². The maximum absolute atomic E-state index is 13.4. The summed E-state index contributed by atoms with van der Waals surface area (Å²) in [7, 11) is -1.13. The fraction of sp³-hybridized carbons (Fsp3) is 0.208. The van der Waals surface area contributed by atoms with E-state index in [-0.39, 0.29) is 16.3 Å². The van der Waals surface area contributed by atoms with Gasteiger partial charge >= 0.3 is 0 Å². The molecule has 0 aromatic heterocycles. The molecule has 1 N–H and O–H groups in total. The molecule has 3 aromatic carbocycles. The summed E-state index contributed by atoms with van der Waals surface area (Å²) >= 11 is 0. The lowest BCUT2D eigenvalue weighted by Crippen LogP contribution is -2.41. The number of methoxy groups -OCH3 is 2. The molecule has 11 heteroatoms. The molecule has 1 amide bonds. The Hall–Kier alpha value is -4.12. The van der Waals surface area contributed by atoms with Crippen molar-refractivity contribution in [2.24, 2.45) is 0 Å². The minimum atomic E-state index is -4.15. The molecule has 0 spiro atoms. The fourth-order valence-electron chi connectivity index (χ4n) is 3.45. The van der Waals surface area contributed by atoms with Gasteiger partial charge in [0.25, 0.3) is 15.7 Å². The van der Waals surface area contributed by atoms with E-state index in [1.165, 1.54) is 50.6 Å². The molecular weight excluding hydrogens is 474 g/mol. The largest absolute Gasteiger partial charge is 0.497 e. The Labute approximate surface area is 203 Å². The third-order valence-electron chi connectivity index (χ3n) is 5.25. The van der Waals surface area contributed by atoms with Crippen LogP contribution < -0.4 is 19.1 Å². The van der Waals surface area contributed by atoms with Crippen LogP contribution in [0.2, 0.25) is 0 Å². The van der Waals surface area contributed by atoms with E-state index in [0.717, 1.165) is 4.31 Å². The van der Waals surface area contributed by atoms with E-state index in [1.807, 2.05) is 0 Å². The number of non-ortho nitro benzene ring substituents is 1. The van der Waals surface area contributed by atoms with Crippen LogP contribution >= 0.6 is 0 Å². The summed E-state index contributed by atoms with van der Waals surface area (Å²) in [5, 5.41) is 13.8. The number of sulfonamides is 1. The Bertz CT molecular complexity index is 1300. The molecule has 10 nitrogen and oxygen atoms in total. The first-order chi connectivity index (χ1) is 16.7. The van der Waals surface area contributed by atoms with Gasteiger partial charge in [0.15, 0.2) is 0 Å². The van der Waals surface area contributed by atoms with Crippen molar-refractivity contribution in [3.8, 4) is 11.5 Å². The van der Waals surface area contributed by atoms with Gasteiger partial charge in [0.05, 0.1) is 35.8 Å². The molecular formula is C24H25N3O7S.